The van der Waals surface area contributed by atoms with Crippen LogP contribution in [0.25, 0.3) is 0 Å². The molecule has 0 aromatic carbocycles. The molecule has 1 saturated heterocycles. The van der Waals surface area contributed by atoms with Gasteiger partial charge in [0, 0.05) is 19.1 Å². The van der Waals surface area contributed by atoms with Gasteiger partial charge in [0.25, 0.3) is 5.91 Å². The van der Waals surface area contributed by atoms with E-state index in [1.54, 1.807) is 0 Å². The van der Waals surface area contributed by atoms with Crippen molar-refractivity contribution < 1.29 is 4.79 Å². The number of carbonyl (C=O) groups is 1. The van der Waals surface area contributed by atoms with Crippen molar-refractivity contribution >= 4 is 17.4 Å². The summed E-state index contributed by atoms with van der Waals surface area (Å²) in [5.41, 5.74) is 0.724. The number of rotatable bonds is 2. The minimum absolute atomic E-state index is 0.0121. The van der Waals surface area contributed by atoms with Crippen molar-refractivity contribution in [3.8, 4) is 0 Å². The van der Waals surface area contributed by atoms with E-state index in [0.29, 0.717) is 22.8 Å². The lowest BCUT2D eigenvalue weighted by Crippen LogP contribution is -2.32. The van der Waals surface area contributed by atoms with E-state index in [1.165, 1.54) is 11.5 Å². The van der Waals surface area contributed by atoms with Crippen molar-refractivity contribution in [3.05, 3.63) is 10.6 Å². The Kier molecular flexibility index (Phi) is 2.00. The minimum atomic E-state index is -0.0121. The van der Waals surface area contributed by atoms with Crippen molar-refractivity contribution in [1.82, 2.24) is 20.2 Å². The molecule has 0 bridgehead atoms. The first-order valence-electron chi connectivity index (χ1n) is 5.08. The molecular weight excluding hydrogens is 212 g/mol. The smallest absolute Gasteiger partial charge is 0.265 e. The van der Waals surface area contributed by atoms with Crippen LogP contribution in [0.3, 0.4) is 0 Å². The molecule has 6 heteroatoms. The molecule has 1 saturated carbocycles. The largest absolute Gasteiger partial charge is 0.348 e. The molecule has 1 aromatic heterocycles. The number of piperidine rings is 1. The third kappa shape index (κ3) is 1.44. The molecule has 5 nitrogen and oxygen atoms in total. The third-order valence-corrected chi connectivity index (χ3v) is 4.07. The molecule has 1 aromatic rings. The molecule has 2 N–H and O–H groups in total. The van der Waals surface area contributed by atoms with Crippen LogP contribution in [-0.2, 0) is 0 Å². The van der Waals surface area contributed by atoms with E-state index in [4.69, 9.17) is 0 Å². The van der Waals surface area contributed by atoms with Gasteiger partial charge >= 0.3 is 0 Å². The maximum Gasteiger partial charge on any atom is 0.265 e. The Labute approximate surface area is 91.4 Å². The zero-order valence-electron chi connectivity index (χ0n) is 8.36. The van der Waals surface area contributed by atoms with Crippen molar-refractivity contribution in [2.24, 2.45) is 11.8 Å². The molecule has 1 amide bonds. The Morgan fingerprint density at radius 3 is 2.87 bits per heavy atom. The van der Waals surface area contributed by atoms with E-state index in [9.17, 15) is 4.79 Å². The van der Waals surface area contributed by atoms with Crippen LogP contribution in [0.15, 0.2) is 0 Å². The summed E-state index contributed by atoms with van der Waals surface area (Å²) in [7, 11) is 0. The van der Waals surface area contributed by atoms with Gasteiger partial charge in [-0.25, -0.2) is 0 Å². The van der Waals surface area contributed by atoms with Gasteiger partial charge in [-0.05, 0) is 30.3 Å². The number of fused-ring (bicyclic) bond motifs is 1. The highest BCUT2D eigenvalue weighted by Crippen LogP contribution is 2.41. The summed E-state index contributed by atoms with van der Waals surface area (Å²) in [5.74, 6) is 1.28. The normalized spacial score (nSPS) is 32.5. The molecular formula is C9H12N4OS. The molecule has 2 unspecified atom stereocenters. The second kappa shape index (κ2) is 3.24. The summed E-state index contributed by atoms with van der Waals surface area (Å²) in [6, 6.07) is 0.375. The first-order chi connectivity index (χ1) is 7.27. The Morgan fingerprint density at radius 2 is 2.27 bits per heavy atom. The van der Waals surface area contributed by atoms with Crippen LogP contribution in [0.4, 0.5) is 0 Å². The fourth-order valence-electron chi connectivity index (χ4n) is 2.29. The van der Waals surface area contributed by atoms with Gasteiger partial charge in [0.15, 0.2) is 0 Å². The molecule has 2 fully saturated rings. The highest BCUT2D eigenvalue weighted by molar-refractivity contribution is 7.08. The number of hydrogen-bond donors (Lipinski definition) is 2. The van der Waals surface area contributed by atoms with E-state index in [1.807, 2.05) is 6.92 Å². The fourth-order valence-corrected chi connectivity index (χ4v) is 2.85. The van der Waals surface area contributed by atoms with Crippen LogP contribution in [0.1, 0.15) is 15.4 Å². The zero-order valence-corrected chi connectivity index (χ0v) is 9.17. The van der Waals surface area contributed by atoms with Crippen LogP contribution in [0.2, 0.25) is 0 Å². The number of nitrogens with zero attached hydrogens (tertiary/aromatic N) is 2. The summed E-state index contributed by atoms with van der Waals surface area (Å²) in [5, 5.41) is 10.2. The average Bonchev–Trinajstić information content (AvgIpc) is 2.66. The van der Waals surface area contributed by atoms with Gasteiger partial charge in [-0.3, -0.25) is 4.79 Å². The number of carbonyl (C=O) groups excluding carboxylic acids is 1. The molecule has 0 radical (unpaired) electrons. The number of aryl methyl sites for hydroxylation is 1. The van der Waals surface area contributed by atoms with Crippen molar-refractivity contribution in [2.45, 2.75) is 13.0 Å². The quantitative estimate of drug-likeness (QED) is 0.729. The van der Waals surface area contributed by atoms with E-state index >= 15 is 0 Å². The first-order valence-corrected chi connectivity index (χ1v) is 5.85. The summed E-state index contributed by atoms with van der Waals surface area (Å²) in [6.45, 7) is 3.89. The van der Waals surface area contributed by atoms with E-state index in [0.717, 1.165) is 18.8 Å². The summed E-state index contributed by atoms with van der Waals surface area (Å²) in [4.78, 5) is 12.5. The second-order valence-corrected chi connectivity index (χ2v) is 4.93. The summed E-state index contributed by atoms with van der Waals surface area (Å²) in [6.07, 6.45) is 0. The van der Waals surface area contributed by atoms with Crippen LogP contribution >= 0.6 is 11.5 Å². The van der Waals surface area contributed by atoms with E-state index < -0.39 is 0 Å². The lowest BCUT2D eigenvalue weighted by molar-refractivity contribution is 0.0950. The molecule has 0 spiro atoms. The maximum absolute atomic E-state index is 11.8. The lowest BCUT2D eigenvalue weighted by Gasteiger charge is -2.05. The van der Waals surface area contributed by atoms with Gasteiger partial charge in [-0.1, -0.05) is 4.49 Å². The Balaban J connectivity index is 1.65. The number of hydrogen-bond acceptors (Lipinski definition) is 5. The van der Waals surface area contributed by atoms with Crippen LogP contribution in [0, 0.1) is 18.8 Å². The number of aromatic nitrogens is 2. The predicted molar refractivity (Wildman–Crippen MR) is 55.7 cm³/mol. The monoisotopic (exact) mass is 224 g/mol. The number of amides is 1. The molecule has 2 atom stereocenters. The summed E-state index contributed by atoms with van der Waals surface area (Å²) < 4.78 is 3.76. The van der Waals surface area contributed by atoms with Crippen molar-refractivity contribution in [1.29, 1.82) is 0 Å². The Bertz CT molecular complexity index is 395. The molecule has 1 aliphatic carbocycles. The van der Waals surface area contributed by atoms with Crippen molar-refractivity contribution in [2.75, 3.05) is 13.1 Å². The number of nitrogens with one attached hydrogen (secondary N) is 2. The topological polar surface area (TPSA) is 66.9 Å². The maximum atomic E-state index is 11.8. The van der Waals surface area contributed by atoms with Gasteiger partial charge in [-0.2, -0.15) is 0 Å². The lowest BCUT2D eigenvalue weighted by atomic mass is 10.3. The fraction of sp³-hybridized carbons (Fsp3) is 0.667. The molecule has 15 heavy (non-hydrogen) atoms. The van der Waals surface area contributed by atoms with Crippen LogP contribution < -0.4 is 10.6 Å². The zero-order chi connectivity index (χ0) is 10.4. The van der Waals surface area contributed by atoms with Gasteiger partial charge in [0.05, 0.1) is 5.69 Å². The first kappa shape index (κ1) is 9.23. The van der Waals surface area contributed by atoms with Gasteiger partial charge < -0.3 is 10.6 Å². The minimum Gasteiger partial charge on any atom is -0.348 e. The van der Waals surface area contributed by atoms with Gasteiger partial charge in [0.2, 0.25) is 0 Å². The molecule has 2 heterocycles. The summed E-state index contributed by atoms with van der Waals surface area (Å²) >= 11 is 1.17. The molecule has 80 valence electrons. The standard InChI is InChI=1S/C9H12N4OS/c1-4-8(15-13-12-4)9(14)11-7-5-2-10-3-6(5)7/h5-7,10H,2-3H2,1H3,(H,11,14). The van der Waals surface area contributed by atoms with Gasteiger partial charge in [0.1, 0.15) is 4.88 Å². The van der Waals surface area contributed by atoms with Gasteiger partial charge in [-0.15, -0.1) is 5.10 Å². The van der Waals surface area contributed by atoms with Crippen LogP contribution in [-0.4, -0.2) is 34.6 Å². The Morgan fingerprint density at radius 1 is 1.53 bits per heavy atom. The molecule has 3 rings (SSSR count). The van der Waals surface area contributed by atoms with E-state index in [2.05, 4.69) is 20.2 Å². The SMILES string of the molecule is Cc1nnsc1C(=O)NC1C2CNCC21. The average molecular weight is 224 g/mol. The highest BCUT2D eigenvalue weighted by Gasteiger charge is 2.53. The molecule has 1 aliphatic heterocycles. The molecule has 2 aliphatic rings. The Hall–Kier alpha value is -1.01. The van der Waals surface area contributed by atoms with Crippen molar-refractivity contribution in [3.63, 3.8) is 0 Å². The second-order valence-electron chi connectivity index (χ2n) is 4.17. The van der Waals surface area contributed by atoms with Crippen LogP contribution in [0.5, 0.6) is 0 Å². The predicted octanol–water partition coefficient (Wildman–Crippen LogP) is -0.206. The highest BCUT2D eigenvalue weighted by atomic mass is 32.1. The van der Waals surface area contributed by atoms with E-state index in [-0.39, 0.29) is 5.91 Å². The third-order valence-electron chi connectivity index (χ3n) is 3.25.